The van der Waals surface area contributed by atoms with Gasteiger partial charge in [0.25, 0.3) is 0 Å². The van der Waals surface area contributed by atoms with Crippen LogP contribution >= 0.6 is 0 Å². The number of carbonyl (C=O) groups excluding carboxylic acids is 1. The lowest BCUT2D eigenvalue weighted by Crippen LogP contribution is -2.22. The molecular formula is C26H46N2O3. The van der Waals surface area contributed by atoms with Crippen LogP contribution < -0.4 is 20.5 Å². The highest BCUT2D eigenvalue weighted by molar-refractivity contribution is 5.75. The summed E-state index contributed by atoms with van der Waals surface area (Å²) < 4.78 is 10.9. The van der Waals surface area contributed by atoms with Crippen molar-refractivity contribution in [3.8, 4) is 11.5 Å². The lowest BCUT2D eigenvalue weighted by Gasteiger charge is -2.12. The summed E-state index contributed by atoms with van der Waals surface area (Å²) in [6.07, 6.45) is 17.7. The van der Waals surface area contributed by atoms with Crippen LogP contribution in [0.2, 0.25) is 0 Å². The molecule has 5 heteroatoms. The van der Waals surface area contributed by atoms with Crippen LogP contribution in [0.5, 0.6) is 11.5 Å². The standard InChI is InChI=1S/C26H46N2O3/c1-3-4-5-6-7-8-9-10-11-12-13-14-15-16-26(29)28-22-23-17-18-24(31-20-19-27)25(21-23)30-2/h17-18,21H,3-16,19-20,22,27H2,1-2H3,(H,28,29). The molecule has 1 aromatic carbocycles. The number of nitrogens with two attached hydrogens (primary N) is 1. The highest BCUT2D eigenvalue weighted by Crippen LogP contribution is 2.28. The van der Waals surface area contributed by atoms with Gasteiger partial charge in [-0.1, -0.05) is 90.0 Å². The minimum Gasteiger partial charge on any atom is -0.493 e. The van der Waals surface area contributed by atoms with E-state index in [1.165, 1.54) is 70.6 Å². The zero-order valence-corrected chi connectivity index (χ0v) is 20.1. The van der Waals surface area contributed by atoms with Crippen molar-refractivity contribution in [2.75, 3.05) is 20.3 Å². The molecular weight excluding hydrogens is 388 g/mol. The van der Waals surface area contributed by atoms with Gasteiger partial charge in [-0.25, -0.2) is 0 Å². The summed E-state index contributed by atoms with van der Waals surface area (Å²) in [5, 5.41) is 3.00. The van der Waals surface area contributed by atoms with Crippen molar-refractivity contribution in [1.29, 1.82) is 0 Å². The number of benzene rings is 1. The molecule has 178 valence electrons. The van der Waals surface area contributed by atoms with Crippen LogP contribution in [0.3, 0.4) is 0 Å². The van der Waals surface area contributed by atoms with Crippen LogP contribution in [-0.4, -0.2) is 26.2 Å². The van der Waals surface area contributed by atoms with E-state index >= 15 is 0 Å². The van der Waals surface area contributed by atoms with E-state index in [1.54, 1.807) is 7.11 Å². The molecule has 0 saturated carbocycles. The topological polar surface area (TPSA) is 73.6 Å². The first-order chi connectivity index (χ1) is 15.2. The molecule has 0 unspecified atom stereocenters. The minimum absolute atomic E-state index is 0.116. The predicted octanol–water partition coefficient (Wildman–Crippen LogP) is 6.13. The van der Waals surface area contributed by atoms with E-state index in [0.29, 0.717) is 37.6 Å². The molecule has 1 aromatic rings. The van der Waals surface area contributed by atoms with E-state index in [9.17, 15) is 4.79 Å². The first-order valence-electron chi connectivity index (χ1n) is 12.5. The second kappa shape index (κ2) is 19.0. The van der Waals surface area contributed by atoms with Gasteiger partial charge in [-0.05, 0) is 24.1 Å². The molecule has 0 aliphatic heterocycles. The third kappa shape index (κ3) is 14.0. The summed E-state index contributed by atoms with van der Waals surface area (Å²) in [5.74, 6) is 1.46. The fourth-order valence-electron chi connectivity index (χ4n) is 3.70. The average Bonchev–Trinajstić information content (AvgIpc) is 2.79. The number of unbranched alkanes of at least 4 members (excludes halogenated alkanes) is 12. The third-order valence-electron chi connectivity index (χ3n) is 5.60. The van der Waals surface area contributed by atoms with Gasteiger partial charge >= 0.3 is 0 Å². The molecule has 31 heavy (non-hydrogen) atoms. The lowest BCUT2D eigenvalue weighted by atomic mass is 10.0. The van der Waals surface area contributed by atoms with Crippen LogP contribution in [-0.2, 0) is 11.3 Å². The smallest absolute Gasteiger partial charge is 0.220 e. The van der Waals surface area contributed by atoms with Gasteiger partial charge in [0.05, 0.1) is 7.11 Å². The molecule has 0 aliphatic rings. The zero-order valence-electron chi connectivity index (χ0n) is 20.1. The number of methoxy groups -OCH3 is 1. The van der Waals surface area contributed by atoms with Gasteiger partial charge in [-0.15, -0.1) is 0 Å². The minimum atomic E-state index is 0.116. The Morgan fingerprint density at radius 1 is 0.871 bits per heavy atom. The number of rotatable bonds is 20. The van der Waals surface area contributed by atoms with Crippen molar-refractivity contribution >= 4 is 5.91 Å². The molecule has 0 heterocycles. The molecule has 0 fully saturated rings. The van der Waals surface area contributed by atoms with Crippen molar-refractivity contribution in [2.24, 2.45) is 5.73 Å². The van der Waals surface area contributed by atoms with E-state index < -0.39 is 0 Å². The number of nitrogens with one attached hydrogen (secondary N) is 1. The molecule has 3 N–H and O–H groups in total. The van der Waals surface area contributed by atoms with Gasteiger partial charge in [-0.2, -0.15) is 0 Å². The van der Waals surface area contributed by atoms with Gasteiger partial charge in [0, 0.05) is 19.5 Å². The van der Waals surface area contributed by atoms with Gasteiger partial charge < -0.3 is 20.5 Å². The summed E-state index contributed by atoms with van der Waals surface area (Å²) in [5.41, 5.74) is 6.47. The largest absolute Gasteiger partial charge is 0.493 e. The number of hydrogen-bond donors (Lipinski definition) is 2. The van der Waals surface area contributed by atoms with E-state index in [2.05, 4.69) is 12.2 Å². The highest BCUT2D eigenvalue weighted by atomic mass is 16.5. The Labute approximate surface area is 190 Å². The molecule has 0 atom stereocenters. The van der Waals surface area contributed by atoms with Crippen LogP contribution in [0.1, 0.15) is 102 Å². The molecule has 0 aliphatic carbocycles. The normalized spacial score (nSPS) is 10.8. The fourth-order valence-corrected chi connectivity index (χ4v) is 3.70. The fraction of sp³-hybridized carbons (Fsp3) is 0.731. The van der Waals surface area contributed by atoms with E-state index in [-0.39, 0.29) is 5.91 Å². The van der Waals surface area contributed by atoms with Crippen molar-refractivity contribution < 1.29 is 14.3 Å². The molecule has 0 spiro atoms. The van der Waals surface area contributed by atoms with E-state index in [4.69, 9.17) is 15.2 Å². The third-order valence-corrected chi connectivity index (χ3v) is 5.60. The Balaban J connectivity index is 2.02. The van der Waals surface area contributed by atoms with Crippen LogP contribution in [0.25, 0.3) is 0 Å². The maximum absolute atomic E-state index is 12.1. The molecule has 1 rings (SSSR count). The summed E-state index contributed by atoms with van der Waals surface area (Å²) in [6, 6.07) is 5.71. The molecule has 1 amide bonds. The van der Waals surface area contributed by atoms with Crippen LogP contribution in [0, 0.1) is 0 Å². The van der Waals surface area contributed by atoms with Gasteiger partial charge in [0.2, 0.25) is 5.91 Å². The summed E-state index contributed by atoms with van der Waals surface area (Å²) >= 11 is 0. The van der Waals surface area contributed by atoms with E-state index in [1.807, 2.05) is 18.2 Å². The van der Waals surface area contributed by atoms with Gasteiger partial charge in [0.1, 0.15) is 6.61 Å². The Hall–Kier alpha value is -1.75. The monoisotopic (exact) mass is 434 g/mol. The van der Waals surface area contributed by atoms with Crippen molar-refractivity contribution in [3.63, 3.8) is 0 Å². The Kier molecular flexibility index (Phi) is 16.7. The maximum atomic E-state index is 12.1. The average molecular weight is 435 g/mol. The number of ether oxygens (including phenoxy) is 2. The Bertz CT molecular complexity index is 578. The molecule has 0 radical (unpaired) electrons. The summed E-state index contributed by atoms with van der Waals surface area (Å²) in [6.45, 7) is 3.68. The predicted molar refractivity (Wildman–Crippen MR) is 130 cm³/mol. The molecule has 0 bridgehead atoms. The Morgan fingerprint density at radius 3 is 2.00 bits per heavy atom. The highest BCUT2D eigenvalue weighted by Gasteiger charge is 2.07. The number of amides is 1. The van der Waals surface area contributed by atoms with Gasteiger partial charge in [0.15, 0.2) is 11.5 Å². The SMILES string of the molecule is CCCCCCCCCCCCCCCC(=O)NCc1ccc(OCCN)c(OC)c1. The second-order valence-corrected chi connectivity index (χ2v) is 8.39. The van der Waals surface area contributed by atoms with Crippen molar-refractivity contribution in [3.05, 3.63) is 23.8 Å². The van der Waals surface area contributed by atoms with Crippen molar-refractivity contribution in [1.82, 2.24) is 5.32 Å². The second-order valence-electron chi connectivity index (χ2n) is 8.39. The quantitative estimate of drug-likeness (QED) is 0.242. The van der Waals surface area contributed by atoms with Crippen LogP contribution in [0.4, 0.5) is 0 Å². The van der Waals surface area contributed by atoms with E-state index in [0.717, 1.165) is 18.4 Å². The summed E-state index contributed by atoms with van der Waals surface area (Å²) in [4.78, 5) is 12.1. The lowest BCUT2D eigenvalue weighted by molar-refractivity contribution is -0.121. The molecule has 5 nitrogen and oxygen atoms in total. The first-order valence-corrected chi connectivity index (χ1v) is 12.5. The van der Waals surface area contributed by atoms with Crippen molar-refractivity contribution in [2.45, 2.75) is 103 Å². The molecule has 0 saturated heterocycles. The van der Waals surface area contributed by atoms with Gasteiger partial charge in [-0.3, -0.25) is 4.79 Å². The first kappa shape index (κ1) is 27.3. The zero-order chi connectivity index (χ0) is 22.6. The molecule has 0 aromatic heterocycles. The number of hydrogen-bond acceptors (Lipinski definition) is 4. The van der Waals surface area contributed by atoms with Crippen LogP contribution in [0.15, 0.2) is 18.2 Å². The Morgan fingerprint density at radius 2 is 1.45 bits per heavy atom. The number of carbonyl (C=O) groups is 1. The maximum Gasteiger partial charge on any atom is 0.220 e. The summed E-state index contributed by atoms with van der Waals surface area (Å²) in [7, 11) is 1.61.